The molecule has 1 aromatic carbocycles. The highest BCUT2D eigenvalue weighted by molar-refractivity contribution is 5.78. The van der Waals surface area contributed by atoms with Gasteiger partial charge in [0.1, 0.15) is 12.4 Å². The smallest absolute Gasteiger partial charge is 0.234 e. The van der Waals surface area contributed by atoms with Crippen LogP contribution < -0.4 is 5.32 Å². The Morgan fingerprint density at radius 3 is 2.76 bits per heavy atom. The summed E-state index contributed by atoms with van der Waals surface area (Å²) in [5.41, 5.74) is 1.02. The normalized spacial score (nSPS) is 10.4. The molecule has 21 heavy (non-hydrogen) atoms. The van der Waals surface area contributed by atoms with E-state index in [4.69, 9.17) is 5.11 Å². The summed E-state index contributed by atoms with van der Waals surface area (Å²) in [5, 5.41) is 11.4. The molecule has 0 aliphatic rings. The molecule has 5 heteroatoms. The van der Waals surface area contributed by atoms with Crippen LogP contribution in [-0.2, 0) is 11.3 Å². The molecular formula is C16H21FN2O2. The van der Waals surface area contributed by atoms with Crippen molar-refractivity contribution in [3.05, 3.63) is 35.1 Å². The van der Waals surface area contributed by atoms with Gasteiger partial charge in [-0.2, -0.15) is 0 Å². The number of hydrogen-bond donors (Lipinski definition) is 2. The molecule has 0 aliphatic carbocycles. The lowest BCUT2D eigenvalue weighted by Gasteiger charge is -2.18. The molecule has 0 aromatic heterocycles. The van der Waals surface area contributed by atoms with E-state index in [-0.39, 0.29) is 30.9 Å². The van der Waals surface area contributed by atoms with Crippen molar-refractivity contribution in [2.45, 2.75) is 26.4 Å². The first-order valence-corrected chi connectivity index (χ1v) is 6.78. The molecule has 0 saturated carbocycles. The summed E-state index contributed by atoms with van der Waals surface area (Å²) in [6.07, 6.45) is 0. The number of nitrogens with zero attached hydrogens (tertiary/aromatic N) is 1. The summed E-state index contributed by atoms with van der Waals surface area (Å²) in [6.45, 7) is 4.08. The van der Waals surface area contributed by atoms with Gasteiger partial charge in [-0.1, -0.05) is 17.9 Å². The number of amides is 1. The predicted octanol–water partition coefficient (Wildman–Crippen LogP) is 1.13. The first-order valence-electron chi connectivity index (χ1n) is 6.78. The highest BCUT2D eigenvalue weighted by Gasteiger charge is 2.10. The van der Waals surface area contributed by atoms with Gasteiger partial charge in [-0.25, -0.2) is 4.39 Å². The van der Waals surface area contributed by atoms with E-state index in [0.717, 1.165) is 0 Å². The zero-order valence-electron chi connectivity index (χ0n) is 12.6. The number of hydrogen-bond acceptors (Lipinski definition) is 3. The van der Waals surface area contributed by atoms with E-state index in [9.17, 15) is 9.18 Å². The molecule has 1 amide bonds. The van der Waals surface area contributed by atoms with Gasteiger partial charge in [0.05, 0.1) is 6.54 Å². The second-order valence-corrected chi connectivity index (χ2v) is 5.16. The Hall–Kier alpha value is -1.90. The van der Waals surface area contributed by atoms with Gasteiger partial charge >= 0.3 is 0 Å². The Morgan fingerprint density at radius 2 is 2.19 bits per heavy atom. The van der Waals surface area contributed by atoms with Gasteiger partial charge in [0.25, 0.3) is 0 Å². The van der Waals surface area contributed by atoms with Crippen LogP contribution in [0.2, 0.25) is 0 Å². The Labute approximate surface area is 125 Å². The average molecular weight is 292 g/mol. The molecule has 0 heterocycles. The summed E-state index contributed by atoms with van der Waals surface area (Å²) in [7, 11) is 1.76. The fourth-order valence-electron chi connectivity index (χ4n) is 1.85. The summed E-state index contributed by atoms with van der Waals surface area (Å²) in [5.74, 6) is 4.67. The third kappa shape index (κ3) is 6.39. The molecule has 1 rings (SSSR count). The second-order valence-electron chi connectivity index (χ2n) is 5.16. The van der Waals surface area contributed by atoms with Crippen LogP contribution in [0.15, 0.2) is 18.2 Å². The van der Waals surface area contributed by atoms with Crippen molar-refractivity contribution in [1.29, 1.82) is 0 Å². The summed E-state index contributed by atoms with van der Waals surface area (Å²) in [6, 6.07) is 4.77. The maximum atomic E-state index is 13.9. The molecule has 0 bridgehead atoms. The largest absolute Gasteiger partial charge is 0.384 e. The van der Waals surface area contributed by atoms with E-state index < -0.39 is 0 Å². The van der Waals surface area contributed by atoms with Gasteiger partial charge in [0, 0.05) is 23.7 Å². The van der Waals surface area contributed by atoms with Gasteiger partial charge < -0.3 is 10.4 Å². The van der Waals surface area contributed by atoms with Gasteiger partial charge in [-0.05, 0) is 33.0 Å². The maximum Gasteiger partial charge on any atom is 0.234 e. The molecule has 0 saturated heterocycles. The van der Waals surface area contributed by atoms with E-state index in [0.29, 0.717) is 17.7 Å². The van der Waals surface area contributed by atoms with Crippen molar-refractivity contribution in [1.82, 2.24) is 10.2 Å². The van der Waals surface area contributed by atoms with Crippen LogP contribution in [-0.4, -0.2) is 42.2 Å². The Kier molecular flexibility index (Phi) is 6.86. The standard InChI is InChI=1S/C16H21FN2O2/c1-12(2)18-16(21)11-19(3)10-14-7-6-13(5-4-8-20)9-15(14)17/h6-7,9,12,20H,8,10-11H2,1-3H3,(H,18,21). The quantitative estimate of drug-likeness (QED) is 0.800. The molecule has 0 aliphatic heterocycles. The van der Waals surface area contributed by atoms with E-state index in [1.807, 2.05) is 13.8 Å². The fraction of sp³-hybridized carbons (Fsp3) is 0.438. The number of rotatable bonds is 5. The number of aliphatic hydroxyl groups excluding tert-OH is 1. The molecule has 4 nitrogen and oxygen atoms in total. The second kappa shape index (κ2) is 8.40. The SMILES string of the molecule is CC(C)NC(=O)CN(C)Cc1ccc(C#CCO)cc1F. The number of halogens is 1. The molecule has 114 valence electrons. The summed E-state index contributed by atoms with van der Waals surface area (Å²) < 4.78 is 13.9. The molecule has 1 aromatic rings. The van der Waals surface area contributed by atoms with Crippen LogP contribution >= 0.6 is 0 Å². The number of carbonyl (C=O) groups excluding carboxylic acids is 1. The highest BCUT2D eigenvalue weighted by Crippen LogP contribution is 2.11. The zero-order valence-corrected chi connectivity index (χ0v) is 12.6. The first kappa shape index (κ1) is 17.2. The number of nitrogens with one attached hydrogen (secondary N) is 1. The van der Waals surface area contributed by atoms with E-state index in [1.165, 1.54) is 6.07 Å². The first-order chi connectivity index (χ1) is 9.92. The van der Waals surface area contributed by atoms with Crippen LogP contribution in [0.25, 0.3) is 0 Å². The molecular weight excluding hydrogens is 271 g/mol. The van der Waals surface area contributed by atoms with Crippen molar-refractivity contribution in [3.63, 3.8) is 0 Å². The number of likely N-dealkylation sites (N-methyl/N-ethyl adjacent to an activating group) is 1. The van der Waals surface area contributed by atoms with Gasteiger partial charge in [0.15, 0.2) is 0 Å². The molecule has 0 atom stereocenters. The van der Waals surface area contributed by atoms with Crippen LogP contribution in [0.5, 0.6) is 0 Å². The topological polar surface area (TPSA) is 52.6 Å². The van der Waals surface area contributed by atoms with Crippen molar-refractivity contribution in [2.24, 2.45) is 0 Å². The van der Waals surface area contributed by atoms with Crippen molar-refractivity contribution < 1.29 is 14.3 Å². The minimum absolute atomic E-state index is 0.0849. The number of benzene rings is 1. The van der Waals surface area contributed by atoms with Crippen molar-refractivity contribution in [2.75, 3.05) is 20.2 Å². The van der Waals surface area contributed by atoms with E-state index in [2.05, 4.69) is 17.2 Å². The fourth-order valence-corrected chi connectivity index (χ4v) is 1.85. The van der Waals surface area contributed by atoms with Crippen molar-refractivity contribution in [3.8, 4) is 11.8 Å². The van der Waals surface area contributed by atoms with Gasteiger partial charge in [-0.3, -0.25) is 9.69 Å². The third-order valence-corrected chi connectivity index (χ3v) is 2.67. The Bertz CT molecular complexity index is 547. The molecule has 0 unspecified atom stereocenters. The number of carbonyl (C=O) groups is 1. The lowest BCUT2D eigenvalue weighted by molar-refractivity contribution is -0.122. The highest BCUT2D eigenvalue weighted by atomic mass is 19.1. The number of aliphatic hydroxyl groups is 1. The molecule has 2 N–H and O–H groups in total. The van der Waals surface area contributed by atoms with Crippen LogP contribution in [0.3, 0.4) is 0 Å². The van der Waals surface area contributed by atoms with Crippen molar-refractivity contribution >= 4 is 5.91 Å². The Morgan fingerprint density at radius 1 is 1.48 bits per heavy atom. The lowest BCUT2D eigenvalue weighted by Crippen LogP contribution is -2.38. The molecule has 0 radical (unpaired) electrons. The van der Waals surface area contributed by atoms with E-state index >= 15 is 0 Å². The monoisotopic (exact) mass is 292 g/mol. The van der Waals surface area contributed by atoms with Gasteiger partial charge in [0.2, 0.25) is 5.91 Å². The summed E-state index contributed by atoms with van der Waals surface area (Å²) >= 11 is 0. The van der Waals surface area contributed by atoms with E-state index in [1.54, 1.807) is 24.1 Å². The molecule has 0 fully saturated rings. The van der Waals surface area contributed by atoms with Crippen LogP contribution in [0.1, 0.15) is 25.0 Å². The zero-order chi connectivity index (χ0) is 15.8. The lowest BCUT2D eigenvalue weighted by atomic mass is 10.1. The Balaban J connectivity index is 2.64. The summed E-state index contributed by atoms with van der Waals surface area (Å²) in [4.78, 5) is 13.4. The predicted molar refractivity (Wildman–Crippen MR) is 80.0 cm³/mol. The molecule has 0 spiro atoms. The maximum absolute atomic E-state index is 13.9. The van der Waals surface area contributed by atoms with Gasteiger partial charge in [-0.15, -0.1) is 0 Å². The van der Waals surface area contributed by atoms with Crippen LogP contribution in [0, 0.1) is 17.7 Å². The third-order valence-electron chi connectivity index (χ3n) is 2.67. The van der Waals surface area contributed by atoms with Crippen LogP contribution in [0.4, 0.5) is 4.39 Å². The average Bonchev–Trinajstić information content (AvgIpc) is 2.38. The minimum atomic E-state index is -0.365. The minimum Gasteiger partial charge on any atom is -0.384 e.